The van der Waals surface area contributed by atoms with Crippen molar-refractivity contribution in [3.8, 4) is 0 Å². The lowest BCUT2D eigenvalue weighted by Crippen LogP contribution is -2.55. The standard InChI is InChI=1S/C16H21N3O3S/c1-23-10-11-2-3-13(17-9-11)19-6-4-16(5-7-19)12(15(21)22)8-14(20)18-16/h2-3,9,12H,4-8,10H2,1H3,(H,18,20)(H,21,22). The number of pyridine rings is 1. The van der Waals surface area contributed by atoms with E-state index < -0.39 is 17.4 Å². The van der Waals surface area contributed by atoms with E-state index in [1.165, 1.54) is 5.56 Å². The van der Waals surface area contributed by atoms with Crippen molar-refractivity contribution in [1.29, 1.82) is 0 Å². The van der Waals surface area contributed by atoms with E-state index in [-0.39, 0.29) is 12.3 Å². The number of hydrogen-bond donors (Lipinski definition) is 2. The van der Waals surface area contributed by atoms with Crippen LogP contribution < -0.4 is 10.2 Å². The molecule has 6 nitrogen and oxygen atoms in total. The maximum absolute atomic E-state index is 11.7. The highest BCUT2D eigenvalue weighted by molar-refractivity contribution is 7.97. The van der Waals surface area contributed by atoms with Gasteiger partial charge in [-0.2, -0.15) is 11.8 Å². The number of nitrogens with one attached hydrogen (secondary N) is 1. The van der Waals surface area contributed by atoms with Gasteiger partial charge in [-0.25, -0.2) is 4.98 Å². The number of rotatable bonds is 4. The summed E-state index contributed by atoms with van der Waals surface area (Å²) in [5.41, 5.74) is 0.613. The van der Waals surface area contributed by atoms with Crippen molar-refractivity contribution in [2.24, 2.45) is 5.92 Å². The number of carbonyl (C=O) groups excluding carboxylic acids is 1. The first-order valence-corrected chi connectivity index (χ1v) is 9.16. The van der Waals surface area contributed by atoms with Crippen molar-refractivity contribution in [2.75, 3.05) is 24.2 Å². The van der Waals surface area contributed by atoms with Crippen LogP contribution >= 0.6 is 11.8 Å². The minimum absolute atomic E-state index is 0.0942. The van der Waals surface area contributed by atoms with Crippen LogP contribution in [0.25, 0.3) is 0 Å². The lowest BCUT2D eigenvalue weighted by Gasteiger charge is -2.41. The third-order valence-corrected chi connectivity index (χ3v) is 5.46. The fraction of sp³-hybridized carbons (Fsp3) is 0.562. The molecule has 0 aliphatic carbocycles. The Morgan fingerprint density at radius 3 is 2.78 bits per heavy atom. The van der Waals surface area contributed by atoms with Gasteiger partial charge in [0.1, 0.15) is 5.82 Å². The first-order chi connectivity index (χ1) is 11.0. The van der Waals surface area contributed by atoms with Gasteiger partial charge in [-0.05, 0) is 30.7 Å². The van der Waals surface area contributed by atoms with Gasteiger partial charge in [0.05, 0.1) is 11.5 Å². The van der Waals surface area contributed by atoms with E-state index in [0.29, 0.717) is 25.9 Å². The van der Waals surface area contributed by atoms with Crippen LogP contribution in [0.5, 0.6) is 0 Å². The summed E-state index contributed by atoms with van der Waals surface area (Å²) >= 11 is 1.76. The second-order valence-corrected chi connectivity index (χ2v) is 7.11. The molecule has 1 atom stereocenters. The van der Waals surface area contributed by atoms with Gasteiger partial charge in [0.15, 0.2) is 0 Å². The van der Waals surface area contributed by atoms with Gasteiger partial charge in [0.25, 0.3) is 0 Å². The van der Waals surface area contributed by atoms with Gasteiger partial charge in [-0.3, -0.25) is 9.59 Å². The van der Waals surface area contributed by atoms with Crippen molar-refractivity contribution in [2.45, 2.75) is 30.6 Å². The number of amides is 1. The Balaban J connectivity index is 1.68. The molecule has 23 heavy (non-hydrogen) atoms. The highest BCUT2D eigenvalue weighted by Gasteiger charge is 2.51. The van der Waals surface area contributed by atoms with Gasteiger partial charge in [0, 0.05) is 31.5 Å². The van der Waals surface area contributed by atoms with E-state index in [2.05, 4.69) is 27.5 Å². The van der Waals surface area contributed by atoms with E-state index in [0.717, 1.165) is 11.6 Å². The molecule has 2 fully saturated rings. The number of anilines is 1. The molecule has 0 bridgehead atoms. The van der Waals surface area contributed by atoms with Crippen LogP contribution in [0.1, 0.15) is 24.8 Å². The normalized spacial score (nSPS) is 23.1. The molecule has 1 amide bonds. The molecule has 0 saturated carbocycles. The number of aromatic nitrogens is 1. The van der Waals surface area contributed by atoms with Crippen molar-refractivity contribution < 1.29 is 14.7 Å². The van der Waals surface area contributed by atoms with Crippen LogP contribution in [-0.4, -0.2) is 46.9 Å². The van der Waals surface area contributed by atoms with Crippen molar-refractivity contribution in [3.05, 3.63) is 23.9 Å². The van der Waals surface area contributed by atoms with E-state index in [9.17, 15) is 14.7 Å². The minimum atomic E-state index is -0.878. The zero-order chi connectivity index (χ0) is 16.4. The summed E-state index contributed by atoms with van der Waals surface area (Å²) < 4.78 is 0. The molecule has 0 aromatic carbocycles. The maximum Gasteiger partial charge on any atom is 0.309 e. The SMILES string of the molecule is CSCc1ccc(N2CCC3(CC2)NC(=O)CC3C(=O)O)nc1. The largest absolute Gasteiger partial charge is 0.481 e. The Bertz CT molecular complexity index is 597. The van der Waals surface area contributed by atoms with E-state index >= 15 is 0 Å². The van der Waals surface area contributed by atoms with Crippen LogP contribution in [0.3, 0.4) is 0 Å². The molecule has 124 valence electrons. The fourth-order valence-corrected chi connectivity index (χ4v) is 4.09. The lowest BCUT2D eigenvalue weighted by molar-refractivity contribution is -0.144. The third kappa shape index (κ3) is 3.15. The van der Waals surface area contributed by atoms with Crippen LogP contribution in [0.4, 0.5) is 5.82 Å². The van der Waals surface area contributed by atoms with E-state index in [1.54, 1.807) is 11.8 Å². The Kier molecular flexibility index (Phi) is 4.48. The molecular formula is C16H21N3O3S. The second-order valence-electron chi connectivity index (χ2n) is 6.24. The number of nitrogens with zero attached hydrogens (tertiary/aromatic N) is 2. The summed E-state index contributed by atoms with van der Waals surface area (Å²) in [5, 5.41) is 12.3. The van der Waals surface area contributed by atoms with Gasteiger partial charge < -0.3 is 15.3 Å². The molecule has 1 spiro atoms. The minimum Gasteiger partial charge on any atom is -0.481 e. The number of carboxylic acid groups (broad SMARTS) is 1. The van der Waals surface area contributed by atoms with Gasteiger partial charge >= 0.3 is 5.97 Å². The van der Waals surface area contributed by atoms with Gasteiger partial charge in [0.2, 0.25) is 5.91 Å². The number of carbonyl (C=O) groups is 2. The summed E-state index contributed by atoms with van der Waals surface area (Å²) in [5.74, 6) is 0.222. The van der Waals surface area contributed by atoms with Crippen molar-refractivity contribution >= 4 is 29.5 Å². The molecule has 3 heterocycles. The van der Waals surface area contributed by atoms with Crippen molar-refractivity contribution in [1.82, 2.24) is 10.3 Å². The lowest BCUT2D eigenvalue weighted by atomic mass is 9.78. The number of thioether (sulfide) groups is 1. The highest BCUT2D eigenvalue weighted by Crippen LogP contribution is 2.37. The molecule has 2 aliphatic heterocycles. The molecule has 1 unspecified atom stereocenters. The first kappa shape index (κ1) is 16.1. The van der Waals surface area contributed by atoms with E-state index in [1.807, 2.05) is 12.3 Å². The molecule has 2 N–H and O–H groups in total. The molecule has 1 aromatic heterocycles. The number of carboxylic acids is 1. The van der Waals surface area contributed by atoms with Gasteiger partial charge in [-0.15, -0.1) is 0 Å². The van der Waals surface area contributed by atoms with Crippen LogP contribution in [0.15, 0.2) is 18.3 Å². The Morgan fingerprint density at radius 1 is 1.48 bits per heavy atom. The topological polar surface area (TPSA) is 82.5 Å². The number of hydrogen-bond acceptors (Lipinski definition) is 5. The van der Waals surface area contributed by atoms with Crippen LogP contribution in [-0.2, 0) is 15.3 Å². The highest BCUT2D eigenvalue weighted by atomic mass is 32.2. The quantitative estimate of drug-likeness (QED) is 0.868. The first-order valence-electron chi connectivity index (χ1n) is 7.77. The molecule has 2 aliphatic rings. The summed E-state index contributed by atoms with van der Waals surface area (Å²) in [4.78, 5) is 29.8. The zero-order valence-electron chi connectivity index (χ0n) is 13.1. The molecule has 3 rings (SSSR count). The average molecular weight is 335 g/mol. The monoisotopic (exact) mass is 335 g/mol. The van der Waals surface area contributed by atoms with Crippen LogP contribution in [0, 0.1) is 5.92 Å². The number of piperidine rings is 1. The Hall–Kier alpha value is -1.76. The molecule has 0 radical (unpaired) electrons. The average Bonchev–Trinajstić information content (AvgIpc) is 2.86. The Labute approximate surface area is 139 Å². The van der Waals surface area contributed by atoms with Gasteiger partial charge in [-0.1, -0.05) is 6.07 Å². The molecule has 1 aromatic rings. The predicted molar refractivity (Wildman–Crippen MR) is 89.5 cm³/mol. The van der Waals surface area contributed by atoms with Crippen LogP contribution in [0.2, 0.25) is 0 Å². The molecule has 7 heteroatoms. The third-order valence-electron chi connectivity index (χ3n) is 4.84. The maximum atomic E-state index is 11.7. The second kappa shape index (κ2) is 6.39. The summed E-state index contributed by atoms with van der Waals surface area (Å²) in [6.07, 6.45) is 5.34. The van der Waals surface area contributed by atoms with E-state index in [4.69, 9.17) is 0 Å². The fourth-order valence-electron chi connectivity index (χ4n) is 3.58. The van der Waals surface area contributed by atoms with Crippen molar-refractivity contribution in [3.63, 3.8) is 0 Å². The summed E-state index contributed by atoms with van der Waals surface area (Å²) in [7, 11) is 0. The molecule has 2 saturated heterocycles. The predicted octanol–water partition coefficient (Wildman–Crippen LogP) is 1.50. The zero-order valence-corrected chi connectivity index (χ0v) is 13.9. The Morgan fingerprint density at radius 2 is 2.22 bits per heavy atom. The molecular weight excluding hydrogens is 314 g/mol. The number of aliphatic carboxylic acids is 1. The summed E-state index contributed by atoms with van der Waals surface area (Å²) in [6, 6.07) is 4.10. The summed E-state index contributed by atoms with van der Waals surface area (Å²) in [6.45, 7) is 1.41. The smallest absolute Gasteiger partial charge is 0.309 e.